The maximum absolute atomic E-state index is 12.6. The first kappa shape index (κ1) is 16.4. The average molecular weight is 342 g/mol. The van der Waals surface area contributed by atoms with Crippen LogP contribution < -0.4 is 5.56 Å². The molecule has 0 radical (unpaired) electrons. The summed E-state index contributed by atoms with van der Waals surface area (Å²) in [5, 5.41) is 13.5. The third-order valence-electron chi connectivity index (χ3n) is 3.64. The molecule has 3 rings (SSSR count). The second-order valence-corrected chi connectivity index (χ2v) is 5.04. The highest BCUT2D eigenvalue weighted by Gasteiger charge is 2.18. The van der Waals surface area contributed by atoms with E-state index in [4.69, 9.17) is 4.74 Å². The first-order valence-electron chi connectivity index (χ1n) is 7.44. The van der Waals surface area contributed by atoms with E-state index < -0.39 is 17.5 Å². The largest absolute Gasteiger partial charge is 0.477 e. The maximum atomic E-state index is 12.6. The molecule has 128 valence electrons. The van der Waals surface area contributed by atoms with Gasteiger partial charge >= 0.3 is 11.9 Å². The van der Waals surface area contributed by atoms with Crippen LogP contribution >= 0.6 is 0 Å². The lowest BCUT2D eigenvalue weighted by Crippen LogP contribution is -2.23. The van der Waals surface area contributed by atoms with E-state index in [0.717, 1.165) is 4.57 Å². The number of fused-ring (bicyclic) bond motifs is 3. The lowest BCUT2D eigenvalue weighted by atomic mass is 10.2. The summed E-state index contributed by atoms with van der Waals surface area (Å²) in [6, 6.07) is 1.54. The summed E-state index contributed by atoms with van der Waals surface area (Å²) in [6.45, 7) is 3.44. The number of carboxylic acids is 1. The molecule has 3 aromatic rings. The van der Waals surface area contributed by atoms with E-state index >= 15 is 0 Å². The quantitative estimate of drug-likeness (QED) is 0.559. The second-order valence-electron chi connectivity index (χ2n) is 5.04. The smallest absolute Gasteiger partial charge is 0.352 e. The zero-order chi connectivity index (χ0) is 18.1. The Morgan fingerprint density at radius 1 is 1.36 bits per heavy atom. The van der Waals surface area contributed by atoms with Crippen molar-refractivity contribution in [2.75, 3.05) is 6.61 Å². The zero-order valence-corrected chi connectivity index (χ0v) is 13.5. The van der Waals surface area contributed by atoms with Crippen LogP contribution in [0.1, 0.15) is 24.2 Å². The molecule has 0 bridgehead atoms. The third kappa shape index (κ3) is 2.55. The Bertz CT molecular complexity index is 1090. The molecule has 0 aliphatic rings. The van der Waals surface area contributed by atoms with Crippen molar-refractivity contribution in [3.63, 3.8) is 0 Å². The molecular weight excluding hydrogens is 328 g/mol. The Balaban J connectivity index is 2.26. The molecule has 0 amide bonds. The highest BCUT2D eigenvalue weighted by Crippen LogP contribution is 2.16. The molecule has 25 heavy (non-hydrogen) atoms. The molecular formula is C16H14N4O5. The summed E-state index contributed by atoms with van der Waals surface area (Å²) in [4.78, 5) is 39.9. The number of aromatic nitrogens is 4. The minimum absolute atomic E-state index is 0.167. The highest BCUT2D eigenvalue weighted by molar-refractivity contribution is 6.08. The standard InChI is InChI=1S/C16H14N4O5/c1-3-11(15(22)23)19-6-5-12-9(14(19)21)7-17-13-10(8-18-20(12)13)16(24)25-4-2/h3,5-8H,4H2,1-2H3,(H,22,23)/b11-3+. The van der Waals surface area contributed by atoms with Crippen LogP contribution in [0.15, 0.2) is 35.5 Å². The Hall–Kier alpha value is -3.49. The van der Waals surface area contributed by atoms with Gasteiger partial charge in [0.2, 0.25) is 0 Å². The van der Waals surface area contributed by atoms with Gasteiger partial charge in [-0.3, -0.25) is 9.36 Å². The van der Waals surface area contributed by atoms with Crippen molar-refractivity contribution in [2.45, 2.75) is 13.8 Å². The molecule has 0 fully saturated rings. The van der Waals surface area contributed by atoms with E-state index in [-0.39, 0.29) is 28.9 Å². The van der Waals surface area contributed by atoms with Gasteiger partial charge < -0.3 is 9.84 Å². The number of allylic oxidation sites excluding steroid dienone is 1. The van der Waals surface area contributed by atoms with Crippen molar-refractivity contribution in [2.24, 2.45) is 0 Å². The van der Waals surface area contributed by atoms with Crippen LogP contribution in [0.4, 0.5) is 0 Å². The number of carboxylic acid groups (broad SMARTS) is 1. The Kier molecular flexibility index (Phi) is 4.05. The van der Waals surface area contributed by atoms with Gasteiger partial charge in [0.1, 0.15) is 11.3 Å². The molecule has 0 unspecified atom stereocenters. The van der Waals surface area contributed by atoms with E-state index in [1.54, 1.807) is 13.0 Å². The Morgan fingerprint density at radius 3 is 2.76 bits per heavy atom. The predicted molar refractivity (Wildman–Crippen MR) is 88.3 cm³/mol. The molecule has 1 N–H and O–H groups in total. The zero-order valence-electron chi connectivity index (χ0n) is 13.5. The van der Waals surface area contributed by atoms with Crippen LogP contribution in [0.3, 0.4) is 0 Å². The van der Waals surface area contributed by atoms with Gasteiger partial charge in [0.05, 0.1) is 23.7 Å². The molecule has 9 nitrogen and oxygen atoms in total. The molecule has 3 aromatic heterocycles. The molecule has 0 saturated carbocycles. The van der Waals surface area contributed by atoms with Crippen LogP contribution in [0.2, 0.25) is 0 Å². The molecule has 0 aromatic carbocycles. The molecule has 0 spiro atoms. The minimum atomic E-state index is -1.22. The van der Waals surface area contributed by atoms with Gasteiger partial charge in [0, 0.05) is 12.4 Å². The second kappa shape index (κ2) is 6.19. The topological polar surface area (TPSA) is 116 Å². The van der Waals surface area contributed by atoms with Gasteiger partial charge in [-0.1, -0.05) is 6.08 Å². The monoisotopic (exact) mass is 342 g/mol. The van der Waals surface area contributed by atoms with Gasteiger partial charge in [-0.15, -0.1) is 0 Å². The maximum Gasteiger partial charge on any atom is 0.352 e. The van der Waals surface area contributed by atoms with Crippen LogP contribution in [-0.2, 0) is 9.53 Å². The summed E-state index contributed by atoms with van der Waals surface area (Å²) in [5.41, 5.74) is 0.137. The summed E-state index contributed by atoms with van der Waals surface area (Å²) in [6.07, 6.45) is 5.29. The molecule has 0 aliphatic heterocycles. The molecule has 0 atom stereocenters. The number of carbonyl (C=O) groups is 2. The van der Waals surface area contributed by atoms with E-state index in [1.807, 2.05) is 0 Å². The molecule has 9 heteroatoms. The average Bonchev–Trinajstić information content (AvgIpc) is 3.02. The number of pyridine rings is 1. The normalized spacial score (nSPS) is 11.8. The first-order valence-corrected chi connectivity index (χ1v) is 7.44. The van der Waals surface area contributed by atoms with Crippen molar-refractivity contribution < 1.29 is 19.4 Å². The van der Waals surface area contributed by atoms with Gasteiger partial charge in [0.15, 0.2) is 5.65 Å². The third-order valence-corrected chi connectivity index (χ3v) is 3.64. The highest BCUT2D eigenvalue weighted by atomic mass is 16.5. The van der Waals surface area contributed by atoms with Crippen LogP contribution in [0.5, 0.6) is 0 Å². The van der Waals surface area contributed by atoms with Gasteiger partial charge in [-0.25, -0.2) is 19.1 Å². The van der Waals surface area contributed by atoms with E-state index in [9.17, 15) is 19.5 Å². The van der Waals surface area contributed by atoms with E-state index in [0.29, 0.717) is 5.52 Å². The summed E-state index contributed by atoms with van der Waals surface area (Å²) in [7, 11) is 0. The number of rotatable bonds is 4. The SMILES string of the molecule is C/C=C(\C(=O)O)n1ccc2c(cnc3c(C(=O)OCC)cnn32)c1=O. The number of hydrogen-bond donors (Lipinski definition) is 1. The summed E-state index contributed by atoms with van der Waals surface area (Å²) < 4.78 is 7.32. The number of hydrogen-bond acceptors (Lipinski definition) is 6. The fourth-order valence-corrected chi connectivity index (χ4v) is 2.52. The van der Waals surface area contributed by atoms with Crippen molar-refractivity contribution >= 4 is 34.2 Å². The van der Waals surface area contributed by atoms with E-state index in [2.05, 4.69) is 10.1 Å². The lowest BCUT2D eigenvalue weighted by Gasteiger charge is -2.08. The number of aliphatic carboxylic acids is 1. The minimum Gasteiger partial charge on any atom is -0.477 e. The number of esters is 1. The Labute approximate surface area is 140 Å². The molecule has 3 heterocycles. The number of carbonyl (C=O) groups excluding carboxylic acids is 1. The lowest BCUT2D eigenvalue weighted by molar-refractivity contribution is -0.130. The van der Waals surface area contributed by atoms with Crippen molar-refractivity contribution in [3.8, 4) is 0 Å². The molecule has 0 saturated heterocycles. The number of ether oxygens (including phenoxy) is 1. The Morgan fingerprint density at radius 2 is 2.12 bits per heavy atom. The van der Waals surface area contributed by atoms with Gasteiger partial charge in [-0.2, -0.15) is 5.10 Å². The van der Waals surface area contributed by atoms with E-state index in [1.165, 1.54) is 36.1 Å². The molecule has 0 aliphatic carbocycles. The van der Waals surface area contributed by atoms with Crippen molar-refractivity contribution in [3.05, 3.63) is 46.7 Å². The fraction of sp³-hybridized carbons (Fsp3) is 0.188. The van der Waals surface area contributed by atoms with Crippen LogP contribution in [-0.4, -0.2) is 42.8 Å². The fourth-order valence-electron chi connectivity index (χ4n) is 2.52. The van der Waals surface area contributed by atoms with Crippen LogP contribution in [0, 0.1) is 0 Å². The first-order chi connectivity index (χ1) is 12.0. The van der Waals surface area contributed by atoms with Crippen molar-refractivity contribution in [1.82, 2.24) is 19.2 Å². The predicted octanol–water partition coefficient (Wildman–Crippen LogP) is 1.17. The van der Waals surface area contributed by atoms with Crippen LogP contribution in [0.25, 0.3) is 22.2 Å². The van der Waals surface area contributed by atoms with Gasteiger partial charge in [0.25, 0.3) is 5.56 Å². The number of nitrogens with zero attached hydrogens (tertiary/aromatic N) is 4. The summed E-state index contributed by atoms with van der Waals surface area (Å²) >= 11 is 0. The van der Waals surface area contributed by atoms with Crippen molar-refractivity contribution in [1.29, 1.82) is 0 Å². The summed E-state index contributed by atoms with van der Waals surface area (Å²) in [5.74, 6) is -1.78. The van der Waals surface area contributed by atoms with Gasteiger partial charge in [-0.05, 0) is 19.9 Å².